The smallest absolute Gasteiger partial charge is 0.246 e. The van der Waals surface area contributed by atoms with E-state index in [2.05, 4.69) is 20.6 Å². The molecule has 4 rings (SSSR count). The number of likely N-dealkylation sites (tertiary alicyclic amines) is 1. The summed E-state index contributed by atoms with van der Waals surface area (Å²) in [4.78, 5) is 58.5. The number of imidazole rings is 1. The second kappa shape index (κ2) is 9.21. The first-order chi connectivity index (χ1) is 15.4. The van der Waals surface area contributed by atoms with Crippen molar-refractivity contribution in [3.63, 3.8) is 0 Å². The molecule has 5 N–H and O–H groups in total. The van der Waals surface area contributed by atoms with Gasteiger partial charge in [0.25, 0.3) is 0 Å². The molecule has 2 aliphatic heterocycles. The van der Waals surface area contributed by atoms with Crippen LogP contribution < -0.4 is 16.4 Å². The molecule has 32 heavy (non-hydrogen) atoms. The lowest BCUT2D eigenvalue weighted by atomic mass is 9.84. The summed E-state index contributed by atoms with van der Waals surface area (Å²) in [6.45, 7) is 0.401. The fourth-order valence-corrected chi connectivity index (χ4v) is 4.35. The first kappa shape index (κ1) is 21.5. The van der Waals surface area contributed by atoms with E-state index in [4.69, 9.17) is 5.73 Å². The van der Waals surface area contributed by atoms with Gasteiger partial charge in [0.1, 0.15) is 18.1 Å². The lowest BCUT2D eigenvalue weighted by molar-refractivity contribution is -0.146. The summed E-state index contributed by atoms with van der Waals surface area (Å²) in [5.74, 6) is -2.07. The second-order valence-electron chi connectivity index (χ2n) is 8.22. The third-order valence-electron chi connectivity index (χ3n) is 6.08. The SMILES string of the molecule is NC(=O)[C@@H]1CCCN1C(=O)[C@H](Cc1cnc[nH]1)NC(=O)[C@H]1NC(=O)[C@@H]1Cc1ccccc1. The van der Waals surface area contributed by atoms with E-state index >= 15 is 0 Å². The fraction of sp³-hybridized carbons (Fsp3) is 0.409. The van der Waals surface area contributed by atoms with Gasteiger partial charge < -0.3 is 26.3 Å². The number of nitrogens with two attached hydrogens (primary N) is 1. The maximum atomic E-state index is 13.3. The molecule has 1 aromatic carbocycles. The van der Waals surface area contributed by atoms with Gasteiger partial charge in [-0.2, -0.15) is 0 Å². The number of β-lactam (4-membered cyclic amide) rings is 1. The largest absolute Gasteiger partial charge is 0.368 e. The van der Waals surface area contributed by atoms with Gasteiger partial charge in [0, 0.05) is 24.9 Å². The second-order valence-corrected chi connectivity index (χ2v) is 8.22. The predicted octanol–water partition coefficient (Wildman–Crippen LogP) is -0.729. The van der Waals surface area contributed by atoms with Crippen LogP contribution in [0, 0.1) is 5.92 Å². The van der Waals surface area contributed by atoms with E-state index in [-0.39, 0.29) is 18.2 Å². The van der Waals surface area contributed by atoms with Gasteiger partial charge in [-0.05, 0) is 24.8 Å². The normalized spacial score (nSPS) is 23.2. The summed E-state index contributed by atoms with van der Waals surface area (Å²) < 4.78 is 0. The highest BCUT2D eigenvalue weighted by atomic mass is 16.2. The van der Waals surface area contributed by atoms with Gasteiger partial charge in [0.2, 0.25) is 23.6 Å². The summed E-state index contributed by atoms with van der Waals surface area (Å²) in [5, 5.41) is 5.43. The molecular weight excluding hydrogens is 412 g/mol. The molecule has 2 saturated heterocycles. The molecule has 2 fully saturated rings. The van der Waals surface area contributed by atoms with Crippen molar-refractivity contribution in [1.82, 2.24) is 25.5 Å². The standard InChI is InChI=1S/C22H26N6O4/c23-19(29)17-7-4-8-28(17)22(32)16(10-14-11-24-12-25-14)26-21(31)18-15(20(30)27-18)9-13-5-2-1-3-6-13/h1-3,5-6,11-12,15-18H,4,7-10H2,(H2,23,29)(H,24,25)(H,26,31)(H,27,30)/t15-,16+,17+,18+/m1/s1. The zero-order valence-electron chi connectivity index (χ0n) is 17.5. The zero-order valence-corrected chi connectivity index (χ0v) is 17.5. The Hall–Kier alpha value is -3.69. The van der Waals surface area contributed by atoms with Crippen LogP contribution in [0.25, 0.3) is 0 Å². The highest BCUT2D eigenvalue weighted by molar-refractivity contribution is 6.01. The molecule has 10 nitrogen and oxygen atoms in total. The average molecular weight is 438 g/mol. The Morgan fingerprint density at radius 1 is 1.25 bits per heavy atom. The van der Waals surface area contributed by atoms with Gasteiger partial charge in [0.05, 0.1) is 12.2 Å². The van der Waals surface area contributed by atoms with E-state index in [0.717, 1.165) is 5.56 Å². The summed E-state index contributed by atoms with van der Waals surface area (Å²) in [7, 11) is 0. The number of carbonyl (C=O) groups excluding carboxylic acids is 4. The number of rotatable bonds is 8. The first-order valence-corrected chi connectivity index (χ1v) is 10.7. The quantitative estimate of drug-likeness (QED) is 0.401. The van der Waals surface area contributed by atoms with Crippen molar-refractivity contribution in [2.75, 3.05) is 6.54 Å². The molecule has 168 valence electrons. The molecule has 0 saturated carbocycles. The lowest BCUT2D eigenvalue weighted by Gasteiger charge is -2.37. The van der Waals surface area contributed by atoms with Crippen molar-refractivity contribution in [3.05, 3.63) is 54.1 Å². The molecule has 4 atom stereocenters. The van der Waals surface area contributed by atoms with Crippen molar-refractivity contribution >= 4 is 23.6 Å². The van der Waals surface area contributed by atoms with Crippen LogP contribution in [-0.4, -0.2) is 63.2 Å². The van der Waals surface area contributed by atoms with E-state index in [0.29, 0.717) is 31.5 Å². The highest BCUT2D eigenvalue weighted by Crippen LogP contribution is 2.22. The van der Waals surface area contributed by atoms with Gasteiger partial charge in [-0.1, -0.05) is 30.3 Å². The summed E-state index contributed by atoms with van der Waals surface area (Å²) >= 11 is 0. The minimum Gasteiger partial charge on any atom is -0.368 e. The van der Waals surface area contributed by atoms with Crippen molar-refractivity contribution in [3.8, 4) is 0 Å². The molecule has 2 aromatic rings. The lowest BCUT2D eigenvalue weighted by Crippen LogP contribution is -2.67. The maximum absolute atomic E-state index is 13.3. The number of carbonyl (C=O) groups is 4. The molecule has 1 aromatic heterocycles. The van der Waals surface area contributed by atoms with E-state index in [9.17, 15) is 19.2 Å². The maximum Gasteiger partial charge on any atom is 0.246 e. The first-order valence-electron chi connectivity index (χ1n) is 10.7. The van der Waals surface area contributed by atoms with E-state index < -0.39 is 35.9 Å². The predicted molar refractivity (Wildman–Crippen MR) is 114 cm³/mol. The number of nitrogens with zero attached hydrogens (tertiary/aromatic N) is 2. The van der Waals surface area contributed by atoms with E-state index in [1.54, 1.807) is 6.20 Å². The molecule has 0 spiro atoms. The molecule has 0 unspecified atom stereocenters. The Bertz CT molecular complexity index is 993. The van der Waals surface area contributed by atoms with Crippen LogP contribution in [0.4, 0.5) is 0 Å². The van der Waals surface area contributed by atoms with Crippen LogP contribution in [0.3, 0.4) is 0 Å². The van der Waals surface area contributed by atoms with Crippen LogP contribution in [0.5, 0.6) is 0 Å². The third-order valence-corrected chi connectivity index (χ3v) is 6.08. The molecule has 3 heterocycles. The number of nitrogens with one attached hydrogen (secondary N) is 3. The number of primary amides is 1. The molecule has 0 aliphatic carbocycles. The Labute approximate surface area is 184 Å². The molecule has 0 radical (unpaired) electrons. The number of aromatic amines is 1. The number of H-pyrrole nitrogens is 1. The zero-order chi connectivity index (χ0) is 22.7. The summed E-state index contributed by atoms with van der Waals surface area (Å²) in [6, 6.07) is 7.13. The molecule has 4 amide bonds. The topological polar surface area (TPSA) is 150 Å². The number of hydrogen-bond donors (Lipinski definition) is 4. The van der Waals surface area contributed by atoms with Crippen molar-refractivity contribution < 1.29 is 19.2 Å². The molecule has 2 aliphatic rings. The van der Waals surface area contributed by atoms with Gasteiger partial charge in [-0.3, -0.25) is 19.2 Å². The van der Waals surface area contributed by atoms with Gasteiger partial charge >= 0.3 is 0 Å². The van der Waals surface area contributed by atoms with Crippen molar-refractivity contribution in [2.45, 2.75) is 43.8 Å². The molecular formula is C22H26N6O4. The minimum atomic E-state index is -0.919. The highest BCUT2D eigenvalue weighted by Gasteiger charge is 2.45. The van der Waals surface area contributed by atoms with E-state index in [1.165, 1.54) is 11.2 Å². The number of aromatic nitrogens is 2. The average Bonchev–Trinajstić information content (AvgIpc) is 3.47. The van der Waals surface area contributed by atoms with Crippen LogP contribution in [0.15, 0.2) is 42.9 Å². The summed E-state index contributed by atoms with van der Waals surface area (Å²) in [5.41, 5.74) is 7.08. The monoisotopic (exact) mass is 438 g/mol. The Morgan fingerprint density at radius 3 is 2.69 bits per heavy atom. The number of amides is 4. The fourth-order valence-electron chi connectivity index (χ4n) is 4.35. The minimum absolute atomic E-state index is 0.177. The van der Waals surface area contributed by atoms with Crippen molar-refractivity contribution in [2.24, 2.45) is 11.7 Å². The van der Waals surface area contributed by atoms with Crippen LogP contribution >= 0.6 is 0 Å². The van der Waals surface area contributed by atoms with Gasteiger partial charge in [-0.15, -0.1) is 0 Å². The van der Waals surface area contributed by atoms with Gasteiger partial charge in [-0.25, -0.2) is 4.98 Å². The third kappa shape index (κ3) is 4.48. The van der Waals surface area contributed by atoms with Crippen LogP contribution in [0.2, 0.25) is 0 Å². The van der Waals surface area contributed by atoms with E-state index in [1.807, 2.05) is 30.3 Å². The molecule has 10 heteroatoms. The Balaban J connectivity index is 1.48. The Morgan fingerprint density at radius 2 is 2.03 bits per heavy atom. The van der Waals surface area contributed by atoms with Crippen LogP contribution in [-0.2, 0) is 32.0 Å². The van der Waals surface area contributed by atoms with Crippen molar-refractivity contribution in [1.29, 1.82) is 0 Å². The summed E-state index contributed by atoms with van der Waals surface area (Å²) in [6.07, 6.45) is 4.84. The van der Waals surface area contributed by atoms with Crippen LogP contribution in [0.1, 0.15) is 24.1 Å². The number of hydrogen-bond acceptors (Lipinski definition) is 5. The molecule has 0 bridgehead atoms. The van der Waals surface area contributed by atoms with Gasteiger partial charge in [0.15, 0.2) is 0 Å². The number of benzene rings is 1. The Kier molecular flexibility index (Phi) is 6.20.